The number of rotatable bonds is 3. The summed E-state index contributed by atoms with van der Waals surface area (Å²) in [5.74, 6) is 0.277. The van der Waals surface area contributed by atoms with E-state index in [1.165, 1.54) is 0 Å². The first-order valence-corrected chi connectivity index (χ1v) is 4.43. The van der Waals surface area contributed by atoms with Crippen molar-refractivity contribution in [3.8, 4) is 0 Å². The van der Waals surface area contributed by atoms with Gasteiger partial charge in [0.2, 0.25) is 0 Å². The maximum absolute atomic E-state index is 11.1. The number of aromatic amines is 1. The van der Waals surface area contributed by atoms with Crippen molar-refractivity contribution in [2.45, 2.75) is 26.2 Å². The molecule has 1 heterocycles. The topological polar surface area (TPSA) is 71.8 Å². The van der Waals surface area contributed by atoms with Crippen LogP contribution in [0.5, 0.6) is 0 Å². The molecule has 0 aliphatic rings. The number of nitrogens with one attached hydrogen (secondary N) is 1. The number of H-pyrrole nitrogens is 1. The van der Waals surface area contributed by atoms with Crippen molar-refractivity contribution in [2.24, 2.45) is 5.73 Å². The minimum absolute atomic E-state index is 0.277. The van der Waals surface area contributed by atoms with Crippen molar-refractivity contribution < 1.29 is 0 Å². The van der Waals surface area contributed by atoms with Gasteiger partial charge in [0.25, 0.3) is 0 Å². The molecular weight excluding hydrogens is 166 g/mol. The molecule has 0 saturated carbocycles. The molecule has 1 rings (SSSR count). The summed E-state index contributed by atoms with van der Waals surface area (Å²) in [7, 11) is 0. The normalized spacial score (nSPS) is 10.8. The highest BCUT2D eigenvalue weighted by atomic mass is 16.1. The SMILES string of the molecule is CC(C)c1cc(CCN)[nH]c(=O)n1. The Bertz CT molecular complexity index is 330. The number of nitrogens with two attached hydrogens (primary N) is 1. The van der Waals surface area contributed by atoms with Gasteiger partial charge < -0.3 is 10.7 Å². The van der Waals surface area contributed by atoms with Crippen molar-refractivity contribution in [1.29, 1.82) is 0 Å². The predicted molar refractivity (Wildman–Crippen MR) is 51.7 cm³/mol. The Morgan fingerprint density at radius 3 is 2.85 bits per heavy atom. The average molecular weight is 181 g/mol. The maximum atomic E-state index is 11.1. The fourth-order valence-corrected chi connectivity index (χ4v) is 1.12. The average Bonchev–Trinajstić information content (AvgIpc) is 2.03. The lowest BCUT2D eigenvalue weighted by atomic mass is 10.1. The summed E-state index contributed by atoms with van der Waals surface area (Å²) in [6, 6.07) is 1.90. The van der Waals surface area contributed by atoms with Gasteiger partial charge in [-0.05, 0) is 24.9 Å². The third-order valence-electron chi connectivity index (χ3n) is 1.83. The molecule has 0 aliphatic heterocycles. The van der Waals surface area contributed by atoms with Crippen LogP contribution in [-0.2, 0) is 6.42 Å². The lowest BCUT2D eigenvalue weighted by Gasteiger charge is -2.05. The molecule has 4 nitrogen and oxygen atoms in total. The number of hydrogen-bond acceptors (Lipinski definition) is 3. The lowest BCUT2D eigenvalue weighted by Crippen LogP contribution is -2.17. The summed E-state index contributed by atoms with van der Waals surface area (Å²) in [5.41, 5.74) is 6.80. The standard InChI is InChI=1S/C9H15N3O/c1-6(2)8-5-7(3-4-10)11-9(13)12-8/h5-6H,3-4,10H2,1-2H3,(H,11,12,13). The van der Waals surface area contributed by atoms with E-state index in [-0.39, 0.29) is 11.6 Å². The van der Waals surface area contributed by atoms with Crippen LogP contribution in [0, 0.1) is 0 Å². The first-order valence-electron chi connectivity index (χ1n) is 4.43. The van der Waals surface area contributed by atoms with Crippen molar-refractivity contribution in [3.63, 3.8) is 0 Å². The summed E-state index contributed by atoms with van der Waals surface area (Å²) >= 11 is 0. The summed E-state index contributed by atoms with van der Waals surface area (Å²) in [4.78, 5) is 17.6. The molecule has 0 saturated heterocycles. The van der Waals surface area contributed by atoms with Crippen LogP contribution in [0.4, 0.5) is 0 Å². The van der Waals surface area contributed by atoms with E-state index in [1.807, 2.05) is 19.9 Å². The Balaban J connectivity index is 3.04. The lowest BCUT2D eigenvalue weighted by molar-refractivity contribution is 0.781. The van der Waals surface area contributed by atoms with Gasteiger partial charge in [0, 0.05) is 5.69 Å². The van der Waals surface area contributed by atoms with Crippen molar-refractivity contribution >= 4 is 0 Å². The molecule has 13 heavy (non-hydrogen) atoms. The van der Waals surface area contributed by atoms with E-state index in [9.17, 15) is 4.79 Å². The summed E-state index contributed by atoms with van der Waals surface area (Å²) in [6.07, 6.45) is 0.692. The molecule has 0 spiro atoms. The van der Waals surface area contributed by atoms with Crippen LogP contribution in [0.2, 0.25) is 0 Å². The predicted octanol–water partition coefficient (Wildman–Crippen LogP) is 0.395. The Labute approximate surface area is 77.2 Å². The molecule has 72 valence electrons. The van der Waals surface area contributed by atoms with Gasteiger partial charge in [-0.25, -0.2) is 4.79 Å². The molecule has 1 aromatic rings. The molecule has 0 unspecified atom stereocenters. The van der Waals surface area contributed by atoms with Crippen molar-refractivity contribution in [1.82, 2.24) is 9.97 Å². The molecular formula is C9H15N3O. The van der Waals surface area contributed by atoms with Crippen LogP contribution in [0.3, 0.4) is 0 Å². The molecule has 0 aliphatic carbocycles. The molecule has 1 aromatic heterocycles. The number of nitrogens with zero attached hydrogens (tertiary/aromatic N) is 1. The van der Waals surface area contributed by atoms with Gasteiger partial charge in [0.15, 0.2) is 0 Å². The minimum atomic E-state index is -0.283. The fourth-order valence-electron chi connectivity index (χ4n) is 1.12. The largest absolute Gasteiger partial charge is 0.345 e. The van der Waals surface area contributed by atoms with Crippen LogP contribution in [0.25, 0.3) is 0 Å². The second-order valence-electron chi connectivity index (χ2n) is 3.33. The monoisotopic (exact) mass is 181 g/mol. The van der Waals surface area contributed by atoms with Crippen LogP contribution >= 0.6 is 0 Å². The van der Waals surface area contributed by atoms with E-state index in [4.69, 9.17) is 5.73 Å². The Kier molecular flexibility index (Phi) is 3.19. The van der Waals surface area contributed by atoms with Crippen LogP contribution in [0.15, 0.2) is 10.9 Å². The molecule has 0 aromatic carbocycles. The van der Waals surface area contributed by atoms with E-state index in [0.717, 1.165) is 11.4 Å². The van der Waals surface area contributed by atoms with Gasteiger partial charge in [-0.15, -0.1) is 0 Å². The quantitative estimate of drug-likeness (QED) is 0.708. The first-order chi connectivity index (χ1) is 6.13. The van der Waals surface area contributed by atoms with E-state index < -0.39 is 0 Å². The first kappa shape index (κ1) is 9.92. The van der Waals surface area contributed by atoms with Crippen molar-refractivity contribution in [2.75, 3.05) is 6.54 Å². The van der Waals surface area contributed by atoms with Gasteiger partial charge in [-0.3, -0.25) is 0 Å². The highest BCUT2D eigenvalue weighted by Crippen LogP contribution is 2.09. The number of aromatic nitrogens is 2. The van der Waals surface area contributed by atoms with E-state index >= 15 is 0 Å². The van der Waals surface area contributed by atoms with E-state index in [2.05, 4.69) is 9.97 Å². The number of hydrogen-bond donors (Lipinski definition) is 2. The smallest absolute Gasteiger partial charge is 0.330 e. The highest BCUT2D eigenvalue weighted by molar-refractivity contribution is 5.11. The molecule has 0 fully saturated rings. The van der Waals surface area contributed by atoms with Crippen molar-refractivity contribution in [3.05, 3.63) is 27.9 Å². The third kappa shape index (κ3) is 2.66. The summed E-state index contributed by atoms with van der Waals surface area (Å²) in [5, 5.41) is 0. The van der Waals surface area contributed by atoms with Gasteiger partial charge in [0.05, 0.1) is 5.69 Å². The second kappa shape index (κ2) is 4.18. The van der Waals surface area contributed by atoms with Gasteiger partial charge in [-0.1, -0.05) is 13.8 Å². The van der Waals surface area contributed by atoms with Crippen LogP contribution in [0.1, 0.15) is 31.2 Å². The maximum Gasteiger partial charge on any atom is 0.345 e. The van der Waals surface area contributed by atoms with E-state index in [1.54, 1.807) is 0 Å². The molecule has 0 amide bonds. The second-order valence-corrected chi connectivity index (χ2v) is 3.33. The zero-order chi connectivity index (χ0) is 9.84. The minimum Gasteiger partial charge on any atom is -0.330 e. The van der Waals surface area contributed by atoms with Crippen LogP contribution < -0.4 is 11.4 Å². The van der Waals surface area contributed by atoms with E-state index in [0.29, 0.717) is 13.0 Å². The summed E-state index contributed by atoms with van der Waals surface area (Å²) in [6.45, 7) is 4.56. The van der Waals surface area contributed by atoms with Gasteiger partial charge >= 0.3 is 5.69 Å². The Morgan fingerprint density at radius 1 is 1.62 bits per heavy atom. The molecule has 3 N–H and O–H groups in total. The summed E-state index contributed by atoms with van der Waals surface area (Å²) < 4.78 is 0. The molecule has 0 atom stereocenters. The highest BCUT2D eigenvalue weighted by Gasteiger charge is 2.03. The molecule has 0 bridgehead atoms. The Hall–Kier alpha value is -1.16. The zero-order valence-corrected chi connectivity index (χ0v) is 8.00. The van der Waals surface area contributed by atoms with Gasteiger partial charge in [0.1, 0.15) is 0 Å². The van der Waals surface area contributed by atoms with Gasteiger partial charge in [-0.2, -0.15) is 4.98 Å². The van der Waals surface area contributed by atoms with Crippen LogP contribution in [-0.4, -0.2) is 16.5 Å². The Morgan fingerprint density at radius 2 is 2.31 bits per heavy atom. The third-order valence-corrected chi connectivity index (χ3v) is 1.83. The molecule has 4 heteroatoms. The molecule has 0 radical (unpaired) electrons. The zero-order valence-electron chi connectivity index (χ0n) is 8.00. The fraction of sp³-hybridized carbons (Fsp3) is 0.556.